The van der Waals surface area contributed by atoms with Crippen LogP contribution >= 0.6 is 7.94 Å². The molecular formula is C38H57O3P. The summed E-state index contributed by atoms with van der Waals surface area (Å²) in [6, 6.07) is 22.8. The van der Waals surface area contributed by atoms with Gasteiger partial charge < -0.3 is 0 Å². The van der Waals surface area contributed by atoms with E-state index < -0.39 is 7.94 Å². The first kappa shape index (κ1) is 34.1. The van der Waals surface area contributed by atoms with E-state index in [0.29, 0.717) is 11.5 Å². The summed E-state index contributed by atoms with van der Waals surface area (Å²) in [5.74, 6) is 1.23. The number of hydrogen-bond donors (Lipinski definition) is 1. The quantitative estimate of drug-likeness (QED) is 0.201. The molecule has 0 saturated carbocycles. The fourth-order valence-electron chi connectivity index (χ4n) is 5.00. The molecule has 3 aromatic carbocycles. The molecule has 0 radical (unpaired) electrons. The van der Waals surface area contributed by atoms with Crippen LogP contribution in [0, 0.1) is 0 Å². The van der Waals surface area contributed by atoms with Crippen molar-refractivity contribution in [3.63, 3.8) is 0 Å². The van der Waals surface area contributed by atoms with E-state index in [1.165, 1.54) is 16.7 Å². The van der Waals surface area contributed by atoms with Crippen molar-refractivity contribution in [2.45, 2.75) is 130 Å². The third kappa shape index (κ3) is 7.40. The van der Waals surface area contributed by atoms with E-state index in [0.717, 1.165) is 36.6 Å². The summed E-state index contributed by atoms with van der Waals surface area (Å²) < 4.78 is 13.2. The average molecular weight is 593 g/mol. The molecule has 0 unspecified atom stereocenters. The first-order valence-electron chi connectivity index (χ1n) is 15.9. The molecule has 0 saturated heterocycles. The fraction of sp³-hybridized carbons (Fsp3) is 0.526. The molecule has 0 aromatic heterocycles. The molecule has 232 valence electrons. The summed E-state index contributed by atoms with van der Waals surface area (Å²) in [5, 5.41) is 0.765. The minimum atomic E-state index is -4.01. The monoisotopic (exact) mass is 592 g/mol. The molecule has 0 heterocycles. The van der Waals surface area contributed by atoms with Gasteiger partial charge in [0.1, 0.15) is 0 Å². The molecule has 0 aliphatic carbocycles. The van der Waals surface area contributed by atoms with Gasteiger partial charge in [0.05, 0.1) is 0 Å². The summed E-state index contributed by atoms with van der Waals surface area (Å²) in [7, 11) is -4.01. The Morgan fingerprint density at radius 2 is 0.833 bits per heavy atom. The van der Waals surface area contributed by atoms with Gasteiger partial charge in [0.15, 0.2) is 0 Å². The Morgan fingerprint density at radius 3 is 1.19 bits per heavy atom. The van der Waals surface area contributed by atoms with Gasteiger partial charge in [-0.25, -0.2) is 0 Å². The second-order valence-electron chi connectivity index (χ2n) is 14.5. The molecule has 42 heavy (non-hydrogen) atoms. The van der Waals surface area contributed by atoms with E-state index in [9.17, 15) is 4.89 Å². The summed E-state index contributed by atoms with van der Waals surface area (Å²) in [4.78, 5) is 12.6. The standard InChI is InChI=1S/C38H57O3P/c1-13-35(5,6)28-17-22-31(23-18-28)40-42(39,41-32-24-19-29(20-25-32)36(7,8)14-2)34-26-21-30(37(9,10)15-3)27-33(34)38(11,12)16-4/h17-27,39,42H,13-16H2,1-12H3. The first-order chi connectivity index (χ1) is 19.4. The molecule has 0 atom stereocenters. The van der Waals surface area contributed by atoms with Gasteiger partial charge in [-0.05, 0) is 0 Å². The molecule has 3 rings (SSSR count). The Balaban J connectivity index is 2.18. The van der Waals surface area contributed by atoms with Crippen LogP contribution in [-0.4, -0.2) is 4.89 Å². The van der Waals surface area contributed by atoms with Crippen LogP contribution in [0.4, 0.5) is 0 Å². The third-order valence-electron chi connectivity index (χ3n) is 10.2. The molecule has 0 aliphatic heterocycles. The summed E-state index contributed by atoms with van der Waals surface area (Å²) in [6.07, 6.45) is 4.02. The molecule has 3 aromatic rings. The van der Waals surface area contributed by atoms with E-state index in [1.807, 2.05) is 24.3 Å². The normalized spacial score (nSPS) is 13.6. The van der Waals surface area contributed by atoms with Gasteiger partial charge in [0.2, 0.25) is 0 Å². The van der Waals surface area contributed by atoms with E-state index >= 15 is 0 Å². The fourth-order valence-corrected chi connectivity index (χ4v) is 7.22. The number of benzene rings is 3. The topological polar surface area (TPSA) is 38.7 Å². The van der Waals surface area contributed by atoms with E-state index in [-0.39, 0.29) is 21.7 Å². The van der Waals surface area contributed by atoms with Crippen LogP contribution in [0.5, 0.6) is 11.5 Å². The molecule has 0 spiro atoms. The van der Waals surface area contributed by atoms with Crippen LogP contribution in [0.15, 0.2) is 66.7 Å². The van der Waals surface area contributed by atoms with Crippen LogP contribution in [0.25, 0.3) is 0 Å². The Morgan fingerprint density at radius 1 is 0.500 bits per heavy atom. The molecular weight excluding hydrogens is 535 g/mol. The zero-order valence-electron chi connectivity index (χ0n) is 28.4. The first-order valence-corrected chi connectivity index (χ1v) is 17.7. The molecule has 0 fully saturated rings. The average Bonchev–Trinajstić information content (AvgIpc) is 2.97. The third-order valence-corrected chi connectivity index (χ3v) is 12.3. The van der Waals surface area contributed by atoms with Gasteiger partial charge in [0, 0.05) is 0 Å². The van der Waals surface area contributed by atoms with Crippen molar-refractivity contribution in [1.29, 1.82) is 0 Å². The zero-order valence-corrected chi connectivity index (χ0v) is 29.4. The van der Waals surface area contributed by atoms with Gasteiger partial charge in [-0.3, -0.25) is 0 Å². The molecule has 0 bridgehead atoms. The van der Waals surface area contributed by atoms with Gasteiger partial charge in [-0.2, -0.15) is 0 Å². The predicted octanol–water partition coefficient (Wildman–Crippen LogP) is 10.7. The van der Waals surface area contributed by atoms with Crippen LogP contribution in [0.1, 0.15) is 131 Å². The zero-order chi connectivity index (χ0) is 31.6. The van der Waals surface area contributed by atoms with Crippen molar-refractivity contribution in [3.05, 3.63) is 89.0 Å². The van der Waals surface area contributed by atoms with Gasteiger partial charge in [0.25, 0.3) is 0 Å². The predicted molar refractivity (Wildman–Crippen MR) is 184 cm³/mol. The SMILES string of the molecule is CCC(C)(C)c1ccc(O[PH](O)(Oc2ccc(C(C)(C)CC)cc2)c2ccc(C(C)(C)CC)cc2C(C)(C)CC)cc1. The van der Waals surface area contributed by atoms with Crippen molar-refractivity contribution in [2.24, 2.45) is 0 Å². The van der Waals surface area contributed by atoms with Crippen molar-refractivity contribution < 1.29 is 13.9 Å². The molecule has 1 N–H and O–H groups in total. The maximum atomic E-state index is 12.6. The van der Waals surface area contributed by atoms with Crippen LogP contribution in [0.3, 0.4) is 0 Å². The summed E-state index contributed by atoms with van der Waals surface area (Å²) in [5.41, 5.74) is 4.81. The van der Waals surface area contributed by atoms with Crippen LogP contribution in [0.2, 0.25) is 0 Å². The second-order valence-corrected chi connectivity index (χ2v) is 16.7. The van der Waals surface area contributed by atoms with Crippen LogP contribution in [-0.2, 0) is 21.7 Å². The number of rotatable bonds is 13. The molecule has 3 nitrogen and oxygen atoms in total. The van der Waals surface area contributed by atoms with Gasteiger partial charge >= 0.3 is 258 Å². The van der Waals surface area contributed by atoms with E-state index in [2.05, 4.69) is 126 Å². The second kappa shape index (κ2) is 12.7. The van der Waals surface area contributed by atoms with Crippen LogP contribution < -0.4 is 14.4 Å². The van der Waals surface area contributed by atoms with Crippen molar-refractivity contribution in [1.82, 2.24) is 0 Å². The Hall–Kier alpha value is -2.35. The molecule has 4 heteroatoms. The Kier molecular flexibility index (Phi) is 10.3. The van der Waals surface area contributed by atoms with E-state index in [1.54, 1.807) is 0 Å². The van der Waals surface area contributed by atoms with Crippen molar-refractivity contribution >= 4 is 13.2 Å². The Labute approximate surface area is 257 Å². The van der Waals surface area contributed by atoms with Crippen molar-refractivity contribution in [3.8, 4) is 11.5 Å². The maximum absolute atomic E-state index is 12.6. The number of hydrogen-bond acceptors (Lipinski definition) is 3. The minimum absolute atomic E-state index is 0.0162. The molecule has 0 aliphatic rings. The van der Waals surface area contributed by atoms with Gasteiger partial charge in [-0.1, -0.05) is 0 Å². The van der Waals surface area contributed by atoms with Gasteiger partial charge in [-0.15, -0.1) is 0 Å². The molecule has 0 amide bonds. The summed E-state index contributed by atoms with van der Waals surface area (Å²) in [6.45, 7) is 26.9. The van der Waals surface area contributed by atoms with Crippen molar-refractivity contribution in [2.75, 3.05) is 0 Å². The Bertz CT molecular complexity index is 1260. The van der Waals surface area contributed by atoms with E-state index in [4.69, 9.17) is 9.05 Å². The summed E-state index contributed by atoms with van der Waals surface area (Å²) >= 11 is 0.